The first kappa shape index (κ1) is 14.8. The molecule has 0 radical (unpaired) electrons. The van der Waals surface area contributed by atoms with Crippen LogP contribution in [0.5, 0.6) is 0 Å². The number of pyridine rings is 1. The van der Waals surface area contributed by atoms with E-state index in [-0.39, 0.29) is 6.04 Å². The number of hydrogen-bond acceptors (Lipinski definition) is 4. The van der Waals surface area contributed by atoms with E-state index >= 15 is 0 Å². The molecular weight excluding hydrogens is 347 g/mol. The Kier molecular flexibility index (Phi) is 4.02. The van der Waals surface area contributed by atoms with Crippen molar-refractivity contribution in [1.29, 1.82) is 0 Å². The number of halogens is 2. The zero-order chi connectivity index (χ0) is 15.7. The van der Waals surface area contributed by atoms with Gasteiger partial charge in [-0.3, -0.25) is 0 Å². The van der Waals surface area contributed by atoms with Crippen molar-refractivity contribution in [3.8, 4) is 0 Å². The smallest absolute Gasteiger partial charge is 0.213 e. The van der Waals surface area contributed by atoms with Crippen LogP contribution in [-0.4, -0.2) is 15.0 Å². The van der Waals surface area contributed by atoms with Crippen LogP contribution >= 0.6 is 15.9 Å². The summed E-state index contributed by atoms with van der Waals surface area (Å²) >= 11 is 3.47. The fraction of sp³-hybridized carbons (Fsp3) is 0.188. The van der Waals surface area contributed by atoms with Crippen LogP contribution in [0.2, 0.25) is 0 Å². The molecule has 0 saturated heterocycles. The van der Waals surface area contributed by atoms with Gasteiger partial charge in [0.1, 0.15) is 11.6 Å². The Morgan fingerprint density at radius 3 is 2.82 bits per heavy atom. The first-order chi connectivity index (χ1) is 10.5. The fourth-order valence-electron chi connectivity index (χ4n) is 2.30. The van der Waals surface area contributed by atoms with Crippen LogP contribution in [0, 0.1) is 12.9 Å². The maximum absolute atomic E-state index is 13.4. The van der Waals surface area contributed by atoms with Crippen molar-refractivity contribution in [2.75, 3.05) is 5.32 Å². The van der Waals surface area contributed by atoms with Gasteiger partial charge in [0, 0.05) is 15.9 Å². The second-order valence-corrected chi connectivity index (χ2v) is 5.98. The number of aryl methyl sites for hydroxylation is 1. The predicted molar refractivity (Wildman–Crippen MR) is 88.2 cm³/mol. The number of anilines is 1. The van der Waals surface area contributed by atoms with Gasteiger partial charge in [-0.05, 0) is 31.5 Å². The summed E-state index contributed by atoms with van der Waals surface area (Å²) in [6, 6.07) is 9.39. The molecule has 112 valence electrons. The van der Waals surface area contributed by atoms with E-state index in [0.717, 1.165) is 10.0 Å². The number of fused-ring (bicyclic) bond motifs is 1. The van der Waals surface area contributed by atoms with Crippen LogP contribution in [0.15, 0.2) is 41.0 Å². The van der Waals surface area contributed by atoms with Crippen LogP contribution in [0.25, 0.3) is 10.9 Å². The van der Waals surface area contributed by atoms with Crippen molar-refractivity contribution in [3.63, 3.8) is 0 Å². The minimum absolute atomic E-state index is 0.0197. The van der Waals surface area contributed by atoms with E-state index in [1.165, 1.54) is 12.3 Å². The fourth-order valence-corrected chi connectivity index (χ4v) is 2.71. The zero-order valence-electron chi connectivity index (χ0n) is 12.1. The Morgan fingerprint density at radius 2 is 2.05 bits per heavy atom. The van der Waals surface area contributed by atoms with Gasteiger partial charge in [0.05, 0.1) is 17.8 Å². The van der Waals surface area contributed by atoms with Crippen LogP contribution in [0.3, 0.4) is 0 Å². The molecule has 0 saturated carbocycles. The molecule has 0 aliphatic heterocycles. The molecular formula is C16H14BrFN4. The molecule has 3 rings (SSSR count). The largest absolute Gasteiger partial charge is 0.363 e. The Hall–Kier alpha value is -2.08. The molecule has 0 amide bonds. The maximum Gasteiger partial charge on any atom is 0.213 e. The van der Waals surface area contributed by atoms with E-state index < -0.39 is 5.95 Å². The molecule has 0 aliphatic rings. The van der Waals surface area contributed by atoms with Crippen LogP contribution in [0.4, 0.5) is 10.2 Å². The normalized spacial score (nSPS) is 12.4. The molecule has 3 aromatic rings. The van der Waals surface area contributed by atoms with E-state index in [9.17, 15) is 4.39 Å². The SMILES string of the molecule is Cc1nc(N[C@H](C)c2cccc(Br)c2)c2cc(F)ncc2n1. The number of aromatic nitrogens is 3. The van der Waals surface area contributed by atoms with Gasteiger partial charge in [0.15, 0.2) is 0 Å². The quantitative estimate of drug-likeness (QED) is 0.703. The van der Waals surface area contributed by atoms with Crippen LogP contribution in [-0.2, 0) is 0 Å². The highest BCUT2D eigenvalue weighted by molar-refractivity contribution is 9.10. The van der Waals surface area contributed by atoms with Crippen LogP contribution < -0.4 is 5.32 Å². The second-order valence-electron chi connectivity index (χ2n) is 5.06. The Balaban J connectivity index is 2.01. The average molecular weight is 361 g/mol. The summed E-state index contributed by atoms with van der Waals surface area (Å²) in [7, 11) is 0. The molecule has 1 N–H and O–H groups in total. The highest BCUT2D eigenvalue weighted by atomic mass is 79.9. The van der Waals surface area contributed by atoms with Gasteiger partial charge in [-0.2, -0.15) is 4.39 Å². The minimum Gasteiger partial charge on any atom is -0.363 e. The molecule has 0 fully saturated rings. The number of rotatable bonds is 3. The molecule has 1 atom stereocenters. The highest BCUT2D eigenvalue weighted by Gasteiger charge is 2.12. The third-order valence-corrected chi connectivity index (χ3v) is 3.86. The number of nitrogens with zero attached hydrogens (tertiary/aromatic N) is 3. The molecule has 6 heteroatoms. The maximum atomic E-state index is 13.4. The summed E-state index contributed by atoms with van der Waals surface area (Å²) in [5.74, 6) is 0.680. The van der Waals surface area contributed by atoms with E-state index in [1.54, 1.807) is 6.92 Å². The summed E-state index contributed by atoms with van der Waals surface area (Å²) < 4.78 is 14.4. The van der Waals surface area contributed by atoms with Gasteiger partial charge < -0.3 is 5.32 Å². The van der Waals surface area contributed by atoms with Gasteiger partial charge in [0.25, 0.3) is 0 Å². The van der Waals surface area contributed by atoms with E-state index in [2.05, 4.69) is 36.2 Å². The second kappa shape index (κ2) is 5.96. The van der Waals surface area contributed by atoms with Crippen LogP contribution in [0.1, 0.15) is 24.4 Å². The van der Waals surface area contributed by atoms with Gasteiger partial charge >= 0.3 is 0 Å². The lowest BCUT2D eigenvalue weighted by Gasteiger charge is -2.17. The molecule has 0 unspecified atom stereocenters. The van der Waals surface area contributed by atoms with Gasteiger partial charge in [-0.25, -0.2) is 15.0 Å². The van der Waals surface area contributed by atoms with Crippen molar-refractivity contribution in [2.24, 2.45) is 0 Å². The molecule has 1 aromatic carbocycles. The standard InChI is InChI=1S/C16H14BrFN4/c1-9(11-4-3-5-12(17)6-11)20-16-13-7-15(18)19-8-14(13)21-10(2)22-16/h3-9H,1-2H3,(H,20,21,22)/t9-/m1/s1. The first-order valence-electron chi connectivity index (χ1n) is 6.85. The topological polar surface area (TPSA) is 50.7 Å². The number of nitrogens with one attached hydrogen (secondary N) is 1. The number of benzene rings is 1. The number of hydrogen-bond donors (Lipinski definition) is 1. The summed E-state index contributed by atoms with van der Waals surface area (Å²) in [6.45, 7) is 3.83. The van der Waals surface area contributed by atoms with Gasteiger partial charge in [-0.15, -0.1) is 0 Å². The summed E-state index contributed by atoms with van der Waals surface area (Å²) in [6.07, 6.45) is 1.42. The zero-order valence-corrected chi connectivity index (χ0v) is 13.7. The summed E-state index contributed by atoms with van der Waals surface area (Å²) in [5, 5.41) is 3.95. The first-order valence-corrected chi connectivity index (χ1v) is 7.64. The van der Waals surface area contributed by atoms with Crippen molar-refractivity contribution in [2.45, 2.75) is 19.9 Å². The van der Waals surface area contributed by atoms with E-state index in [1.807, 2.05) is 31.2 Å². The Bertz CT molecular complexity index is 837. The molecule has 0 bridgehead atoms. The molecule has 2 heterocycles. The predicted octanol–water partition coefficient (Wildman–Crippen LogP) is 4.41. The molecule has 0 aliphatic carbocycles. The molecule has 0 spiro atoms. The lowest BCUT2D eigenvalue weighted by molar-refractivity contribution is 0.586. The van der Waals surface area contributed by atoms with Crippen molar-refractivity contribution in [1.82, 2.24) is 15.0 Å². The van der Waals surface area contributed by atoms with Crippen molar-refractivity contribution < 1.29 is 4.39 Å². The van der Waals surface area contributed by atoms with E-state index in [0.29, 0.717) is 22.5 Å². The van der Waals surface area contributed by atoms with Crippen molar-refractivity contribution >= 4 is 32.7 Å². The van der Waals surface area contributed by atoms with Crippen molar-refractivity contribution in [3.05, 3.63) is 58.3 Å². The minimum atomic E-state index is -0.543. The summed E-state index contributed by atoms with van der Waals surface area (Å²) in [4.78, 5) is 12.3. The molecule has 4 nitrogen and oxygen atoms in total. The van der Waals surface area contributed by atoms with E-state index in [4.69, 9.17) is 0 Å². The molecule has 2 aromatic heterocycles. The highest BCUT2D eigenvalue weighted by Crippen LogP contribution is 2.26. The average Bonchev–Trinajstić information content (AvgIpc) is 2.48. The Labute approximate surface area is 136 Å². The lowest BCUT2D eigenvalue weighted by Crippen LogP contribution is -2.09. The third-order valence-electron chi connectivity index (χ3n) is 3.36. The van der Waals surface area contributed by atoms with Gasteiger partial charge in [0.2, 0.25) is 5.95 Å². The third kappa shape index (κ3) is 3.06. The monoisotopic (exact) mass is 360 g/mol. The molecule has 22 heavy (non-hydrogen) atoms. The van der Waals surface area contributed by atoms with Gasteiger partial charge in [-0.1, -0.05) is 28.1 Å². The Morgan fingerprint density at radius 1 is 1.23 bits per heavy atom. The lowest BCUT2D eigenvalue weighted by atomic mass is 10.1. The summed E-state index contributed by atoms with van der Waals surface area (Å²) in [5.41, 5.74) is 1.73.